The van der Waals surface area contributed by atoms with E-state index < -0.39 is 5.60 Å². The normalized spacial score (nSPS) is 17.7. The van der Waals surface area contributed by atoms with E-state index in [4.69, 9.17) is 0 Å². The molecule has 0 radical (unpaired) electrons. The number of hydrogen-bond acceptors (Lipinski definition) is 1. The standard InChI is InChI=1S/C16H30O/c1-5-7-8-9-10-11-12-13-14-15(3)16(4,17)6-2/h11-15,17H,5-10H2,1-4H3/b12-11+,14-13+/t15-,16+/m1/s1. The number of aliphatic hydroxyl groups is 1. The Balaban J connectivity index is 3.75. The molecule has 0 bridgehead atoms. The van der Waals surface area contributed by atoms with Gasteiger partial charge in [-0.05, 0) is 26.2 Å². The highest BCUT2D eigenvalue weighted by molar-refractivity contribution is 5.06. The zero-order valence-electron chi connectivity index (χ0n) is 12.1. The molecule has 1 N–H and O–H groups in total. The van der Waals surface area contributed by atoms with E-state index in [1.54, 1.807) is 0 Å². The predicted molar refractivity (Wildman–Crippen MR) is 77.1 cm³/mol. The van der Waals surface area contributed by atoms with Crippen molar-refractivity contribution in [2.75, 3.05) is 0 Å². The molecular formula is C16H30O. The van der Waals surface area contributed by atoms with Gasteiger partial charge in [-0.15, -0.1) is 0 Å². The molecule has 0 aliphatic heterocycles. The van der Waals surface area contributed by atoms with Gasteiger partial charge in [-0.2, -0.15) is 0 Å². The van der Waals surface area contributed by atoms with Crippen LogP contribution in [0.5, 0.6) is 0 Å². The monoisotopic (exact) mass is 238 g/mol. The third-order valence-electron chi connectivity index (χ3n) is 3.57. The van der Waals surface area contributed by atoms with E-state index in [-0.39, 0.29) is 5.92 Å². The Kier molecular flexibility index (Phi) is 9.16. The molecule has 0 amide bonds. The molecule has 0 rings (SSSR count). The van der Waals surface area contributed by atoms with Crippen LogP contribution in [0, 0.1) is 5.92 Å². The topological polar surface area (TPSA) is 20.2 Å². The summed E-state index contributed by atoms with van der Waals surface area (Å²) >= 11 is 0. The molecule has 100 valence electrons. The summed E-state index contributed by atoms with van der Waals surface area (Å²) in [4.78, 5) is 0. The third-order valence-corrected chi connectivity index (χ3v) is 3.57. The largest absolute Gasteiger partial charge is 0.390 e. The van der Waals surface area contributed by atoms with Gasteiger partial charge in [0.25, 0.3) is 0 Å². The third kappa shape index (κ3) is 8.20. The highest BCUT2D eigenvalue weighted by Gasteiger charge is 2.23. The Morgan fingerprint density at radius 1 is 1.12 bits per heavy atom. The van der Waals surface area contributed by atoms with Crippen LogP contribution in [0.4, 0.5) is 0 Å². The second kappa shape index (κ2) is 9.47. The number of allylic oxidation sites excluding steroid dienone is 3. The molecule has 1 nitrogen and oxygen atoms in total. The van der Waals surface area contributed by atoms with Gasteiger partial charge >= 0.3 is 0 Å². The molecule has 0 aliphatic carbocycles. The molecule has 0 aliphatic rings. The van der Waals surface area contributed by atoms with E-state index in [0.717, 1.165) is 6.42 Å². The number of unbranched alkanes of at least 4 members (excludes halogenated alkanes) is 4. The summed E-state index contributed by atoms with van der Waals surface area (Å²) in [5.74, 6) is 0.206. The van der Waals surface area contributed by atoms with Crippen LogP contribution >= 0.6 is 0 Å². The fourth-order valence-electron chi connectivity index (χ4n) is 1.62. The maximum Gasteiger partial charge on any atom is 0.0676 e. The minimum atomic E-state index is -0.578. The Labute approximate surface area is 108 Å². The van der Waals surface area contributed by atoms with Gasteiger partial charge in [0.2, 0.25) is 0 Å². The van der Waals surface area contributed by atoms with Gasteiger partial charge in [-0.1, -0.05) is 64.3 Å². The highest BCUT2D eigenvalue weighted by Crippen LogP contribution is 2.21. The predicted octanol–water partition coefficient (Wildman–Crippen LogP) is 4.87. The van der Waals surface area contributed by atoms with E-state index in [1.807, 2.05) is 13.8 Å². The molecule has 0 aromatic rings. The summed E-state index contributed by atoms with van der Waals surface area (Å²) in [6.07, 6.45) is 15.7. The van der Waals surface area contributed by atoms with Crippen LogP contribution < -0.4 is 0 Å². The molecular weight excluding hydrogens is 208 g/mol. The van der Waals surface area contributed by atoms with Crippen LogP contribution in [0.3, 0.4) is 0 Å². The second-order valence-electron chi connectivity index (χ2n) is 5.16. The molecule has 2 atom stereocenters. The smallest absolute Gasteiger partial charge is 0.0676 e. The minimum absolute atomic E-state index is 0.206. The van der Waals surface area contributed by atoms with Crippen LogP contribution in [-0.4, -0.2) is 10.7 Å². The summed E-state index contributed by atoms with van der Waals surface area (Å²) in [6.45, 7) is 8.22. The van der Waals surface area contributed by atoms with Crippen LogP contribution in [0.15, 0.2) is 24.3 Å². The van der Waals surface area contributed by atoms with Gasteiger partial charge in [0.05, 0.1) is 5.60 Å². The Morgan fingerprint density at radius 2 is 1.82 bits per heavy atom. The van der Waals surface area contributed by atoms with E-state index in [2.05, 4.69) is 38.2 Å². The minimum Gasteiger partial charge on any atom is -0.390 e. The first kappa shape index (κ1) is 16.4. The Bertz CT molecular complexity index is 226. The van der Waals surface area contributed by atoms with Crippen LogP contribution in [0.2, 0.25) is 0 Å². The molecule has 0 aromatic carbocycles. The Hall–Kier alpha value is -0.560. The van der Waals surface area contributed by atoms with Gasteiger partial charge in [-0.3, -0.25) is 0 Å². The molecule has 0 fully saturated rings. The van der Waals surface area contributed by atoms with Crippen molar-refractivity contribution < 1.29 is 5.11 Å². The lowest BCUT2D eigenvalue weighted by atomic mass is 9.88. The lowest BCUT2D eigenvalue weighted by molar-refractivity contribution is 0.0208. The first-order valence-electron chi connectivity index (χ1n) is 7.10. The molecule has 0 saturated carbocycles. The molecule has 17 heavy (non-hydrogen) atoms. The first-order chi connectivity index (χ1) is 8.04. The van der Waals surface area contributed by atoms with Crippen molar-refractivity contribution >= 4 is 0 Å². The van der Waals surface area contributed by atoms with Crippen molar-refractivity contribution in [3.8, 4) is 0 Å². The fraction of sp³-hybridized carbons (Fsp3) is 0.750. The van der Waals surface area contributed by atoms with Gasteiger partial charge < -0.3 is 5.11 Å². The second-order valence-corrected chi connectivity index (χ2v) is 5.16. The summed E-state index contributed by atoms with van der Waals surface area (Å²) in [5.41, 5.74) is -0.578. The van der Waals surface area contributed by atoms with Crippen molar-refractivity contribution in [1.29, 1.82) is 0 Å². The number of rotatable bonds is 9. The first-order valence-corrected chi connectivity index (χ1v) is 7.10. The Morgan fingerprint density at radius 3 is 2.41 bits per heavy atom. The summed E-state index contributed by atoms with van der Waals surface area (Å²) in [7, 11) is 0. The summed E-state index contributed by atoms with van der Waals surface area (Å²) < 4.78 is 0. The van der Waals surface area contributed by atoms with Gasteiger partial charge in [0.1, 0.15) is 0 Å². The van der Waals surface area contributed by atoms with Crippen LogP contribution in [-0.2, 0) is 0 Å². The lowest BCUT2D eigenvalue weighted by Gasteiger charge is -2.26. The molecule has 0 aromatic heterocycles. The maximum absolute atomic E-state index is 10.0. The molecule has 0 spiro atoms. The van der Waals surface area contributed by atoms with Crippen molar-refractivity contribution in [2.24, 2.45) is 5.92 Å². The van der Waals surface area contributed by atoms with E-state index in [1.165, 1.54) is 32.1 Å². The van der Waals surface area contributed by atoms with E-state index in [9.17, 15) is 5.11 Å². The van der Waals surface area contributed by atoms with Gasteiger partial charge in [-0.25, -0.2) is 0 Å². The molecule has 1 heteroatoms. The summed E-state index contributed by atoms with van der Waals surface area (Å²) in [5, 5.41) is 10.0. The quantitative estimate of drug-likeness (QED) is 0.449. The highest BCUT2D eigenvalue weighted by atomic mass is 16.3. The molecule has 0 heterocycles. The van der Waals surface area contributed by atoms with Crippen LogP contribution in [0.25, 0.3) is 0 Å². The lowest BCUT2D eigenvalue weighted by Crippen LogP contribution is -2.30. The zero-order chi connectivity index (χ0) is 13.1. The van der Waals surface area contributed by atoms with Crippen molar-refractivity contribution in [3.63, 3.8) is 0 Å². The van der Waals surface area contributed by atoms with Crippen molar-refractivity contribution in [3.05, 3.63) is 24.3 Å². The van der Waals surface area contributed by atoms with E-state index >= 15 is 0 Å². The fourth-order valence-corrected chi connectivity index (χ4v) is 1.62. The zero-order valence-corrected chi connectivity index (χ0v) is 12.1. The average Bonchev–Trinajstić information content (AvgIpc) is 2.32. The van der Waals surface area contributed by atoms with Gasteiger partial charge in [0.15, 0.2) is 0 Å². The summed E-state index contributed by atoms with van der Waals surface area (Å²) in [6, 6.07) is 0. The van der Waals surface area contributed by atoms with Gasteiger partial charge in [0, 0.05) is 5.92 Å². The maximum atomic E-state index is 10.0. The number of hydrogen-bond donors (Lipinski definition) is 1. The SMILES string of the molecule is CCCCCC/C=C/C=C/[C@@H](C)[C@@](C)(O)CC. The van der Waals surface area contributed by atoms with E-state index in [0.29, 0.717) is 0 Å². The molecule has 0 saturated heterocycles. The molecule has 0 unspecified atom stereocenters. The van der Waals surface area contributed by atoms with Crippen molar-refractivity contribution in [1.82, 2.24) is 0 Å². The van der Waals surface area contributed by atoms with Crippen LogP contribution in [0.1, 0.15) is 66.2 Å². The average molecular weight is 238 g/mol. The van der Waals surface area contributed by atoms with Crippen molar-refractivity contribution in [2.45, 2.75) is 71.8 Å².